The lowest BCUT2D eigenvalue weighted by Gasteiger charge is -2.37. The minimum Gasteiger partial charge on any atom is -0.390 e. The number of carbonyl (C=O) groups excluding carboxylic acids is 1. The Balaban J connectivity index is 1.16. The van der Waals surface area contributed by atoms with E-state index in [1.54, 1.807) is 0 Å². The van der Waals surface area contributed by atoms with Crippen molar-refractivity contribution in [2.24, 2.45) is 0 Å². The lowest BCUT2D eigenvalue weighted by molar-refractivity contribution is 0.0459. The maximum atomic E-state index is 13.5. The van der Waals surface area contributed by atoms with Crippen LogP contribution in [0.4, 0.5) is 11.4 Å². The molecule has 1 saturated carbocycles. The molecule has 0 saturated heterocycles. The van der Waals surface area contributed by atoms with E-state index in [9.17, 15) is 9.90 Å². The number of aliphatic hydroxyl groups is 1. The van der Waals surface area contributed by atoms with Crippen LogP contribution in [-0.2, 0) is 18.4 Å². The Bertz CT molecular complexity index is 1210. The molecule has 2 heterocycles. The molecule has 1 fully saturated rings. The zero-order chi connectivity index (χ0) is 23.1. The average Bonchev–Trinajstić information content (AvgIpc) is 3.63. The Morgan fingerprint density at radius 3 is 2.47 bits per heavy atom. The highest BCUT2D eigenvalue weighted by Gasteiger charge is 2.51. The number of para-hydroxylation sites is 1. The van der Waals surface area contributed by atoms with Crippen LogP contribution >= 0.6 is 0 Å². The standard InChI is InChI=1S/C29H31N3O2/c33-25(18-31-15-12-21-6-4-5-7-22(21)17-31)19-32-20-29(13-14-29)27-11-10-24(16-26(27)28(32)34)30-23-8-2-1-3-9-23/h1-11,16,25,30,33H,12-15,17-20H2/t25-/m1/s1. The fourth-order valence-electron chi connectivity index (χ4n) is 5.69. The van der Waals surface area contributed by atoms with Gasteiger partial charge in [-0.25, -0.2) is 0 Å². The summed E-state index contributed by atoms with van der Waals surface area (Å²) in [4.78, 5) is 17.7. The van der Waals surface area contributed by atoms with Gasteiger partial charge in [-0.15, -0.1) is 0 Å². The lowest BCUT2D eigenvalue weighted by atomic mass is 9.86. The molecule has 174 valence electrons. The quantitative estimate of drug-likeness (QED) is 0.583. The summed E-state index contributed by atoms with van der Waals surface area (Å²) < 4.78 is 0. The highest BCUT2D eigenvalue weighted by atomic mass is 16.3. The number of nitrogens with zero attached hydrogens (tertiary/aromatic N) is 2. The third kappa shape index (κ3) is 4.10. The van der Waals surface area contributed by atoms with Crippen LogP contribution in [0, 0.1) is 0 Å². The van der Waals surface area contributed by atoms with E-state index in [0.717, 1.165) is 49.3 Å². The van der Waals surface area contributed by atoms with E-state index >= 15 is 0 Å². The molecule has 1 atom stereocenters. The monoisotopic (exact) mass is 453 g/mol. The molecule has 1 amide bonds. The van der Waals surface area contributed by atoms with E-state index in [1.165, 1.54) is 16.7 Å². The minimum atomic E-state index is -0.558. The van der Waals surface area contributed by atoms with Gasteiger partial charge in [0.15, 0.2) is 0 Å². The van der Waals surface area contributed by atoms with Gasteiger partial charge in [0.25, 0.3) is 5.91 Å². The van der Waals surface area contributed by atoms with Gasteiger partial charge < -0.3 is 15.3 Å². The van der Waals surface area contributed by atoms with Crippen molar-refractivity contribution in [2.45, 2.75) is 37.3 Å². The van der Waals surface area contributed by atoms with E-state index in [-0.39, 0.29) is 11.3 Å². The molecule has 3 aromatic rings. The fourth-order valence-corrected chi connectivity index (χ4v) is 5.69. The number of anilines is 2. The van der Waals surface area contributed by atoms with E-state index in [0.29, 0.717) is 19.6 Å². The third-order valence-corrected chi connectivity index (χ3v) is 7.63. The highest BCUT2D eigenvalue weighted by molar-refractivity contribution is 5.99. The number of β-amino-alcohol motifs (C(OH)–C–C–N with tert-alkyl or cyclic N) is 1. The first kappa shape index (κ1) is 21.4. The maximum absolute atomic E-state index is 13.5. The van der Waals surface area contributed by atoms with Gasteiger partial charge in [-0.3, -0.25) is 9.69 Å². The molecule has 0 bridgehead atoms. The number of hydrogen-bond acceptors (Lipinski definition) is 4. The zero-order valence-electron chi connectivity index (χ0n) is 19.4. The van der Waals surface area contributed by atoms with E-state index in [4.69, 9.17) is 0 Å². The predicted octanol–water partition coefficient (Wildman–Crippen LogP) is 4.34. The molecule has 5 heteroatoms. The molecule has 1 aliphatic carbocycles. The van der Waals surface area contributed by atoms with Gasteiger partial charge in [-0.05, 0) is 60.2 Å². The molecule has 6 rings (SSSR count). The molecule has 5 nitrogen and oxygen atoms in total. The second-order valence-electron chi connectivity index (χ2n) is 10.1. The van der Waals surface area contributed by atoms with Crippen LogP contribution < -0.4 is 5.32 Å². The summed E-state index contributed by atoms with van der Waals surface area (Å²) in [6, 6.07) is 24.8. The topological polar surface area (TPSA) is 55.8 Å². The van der Waals surface area contributed by atoms with Gasteiger partial charge in [-0.1, -0.05) is 48.5 Å². The summed E-state index contributed by atoms with van der Waals surface area (Å²) in [6.07, 6.45) is 2.67. The summed E-state index contributed by atoms with van der Waals surface area (Å²) in [5, 5.41) is 14.4. The van der Waals surface area contributed by atoms with Crippen molar-refractivity contribution >= 4 is 17.3 Å². The largest absolute Gasteiger partial charge is 0.390 e. The number of aliphatic hydroxyl groups excluding tert-OH is 1. The molecule has 0 radical (unpaired) electrons. The molecular weight excluding hydrogens is 422 g/mol. The van der Waals surface area contributed by atoms with E-state index in [2.05, 4.69) is 46.6 Å². The Morgan fingerprint density at radius 1 is 0.912 bits per heavy atom. The maximum Gasteiger partial charge on any atom is 0.254 e. The van der Waals surface area contributed by atoms with Gasteiger partial charge in [0.05, 0.1) is 6.10 Å². The van der Waals surface area contributed by atoms with Gasteiger partial charge >= 0.3 is 0 Å². The zero-order valence-corrected chi connectivity index (χ0v) is 19.4. The second-order valence-corrected chi connectivity index (χ2v) is 10.1. The molecule has 2 aliphatic heterocycles. The smallest absolute Gasteiger partial charge is 0.254 e. The van der Waals surface area contributed by atoms with Gasteiger partial charge in [0.1, 0.15) is 0 Å². The van der Waals surface area contributed by atoms with Crippen LogP contribution in [0.25, 0.3) is 0 Å². The first-order valence-electron chi connectivity index (χ1n) is 12.3. The van der Waals surface area contributed by atoms with Crippen LogP contribution in [0.3, 0.4) is 0 Å². The molecule has 1 spiro atoms. The van der Waals surface area contributed by atoms with Crippen molar-refractivity contribution in [1.82, 2.24) is 9.80 Å². The Labute approximate surface area is 201 Å². The van der Waals surface area contributed by atoms with Gasteiger partial charge in [-0.2, -0.15) is 0 Å². The van der Waals surface area contributed by atoms with Crippen molar-refractivity contribution in [3.8, 4) is 0 Å². The SMILES string of the molecule is O=C1c2cc(Nc3ccccc3)ccc2C2(CC2)CN1C[C@H](O)CN1CCc2ccccc2C1. The molecule has 3 aliphatic rings. The molecule has 0 aromatic heterocycles. The van der Waals surface area contributed by atoms with Crippen molar-refractivity contribution < 1.29 is 9.90 Å². The average molecular weight is 454 g/mol. The molecule has 2 N–H and O–H groups in total. The van der Waals surface area contributed by atoms with Crippen LogP contribution in [-0.4, -0.2) is 53.1 Å². The summed E-state index contributed by atoms with van der Waals surface area (Å²) >= 11 is 0. The number of nitrogens with one attached hydrogen (secondary N) is 1. The van der Waals surface area contributed by atoms with Crippen molar-refractivity contribution in [2.75, 3.05) is 31.5 Å². The van der Waals surface area contributed by atoms with Gasteiger partial charge in [0.2, 0.25) is 0 Å². The number of fused-ring (bicyclic) bond motifs is 3. The summed E-state index contributed by atoms with van der Waals surface area (Å²) in [6.45, 7) is 3.50. The van der Waals surface area contributed by atoms with Crippen LogP contribution in [0.1, 0.15) is 39.9 Å². The highest BCUT2D eigenvalue weighted by Crippen LogP contribution is 2.52. The first-order chi connectivity index (χ1) is 16.6. The van der Waals surface area contributed by atoms with Crippen LogP contribution in [0.2, 0.25) is 0 Å². The van der Waals surface area contributed by atoms with Crippen LogP contribution in [0.15, 0.2) is 72.8 Å². The normalized spacial score (nSPS) is 19.4. The fraction of sp³-hybridized carbons (Fsp3) is 0.345. The Morgan fingerprint density at radius 2 is 1.68 bits per heavy atom. The lowest BCUT2D eigenvalue weighted by Crippen LogP contribution is -2.49. The van der Waals surface area contributed by atoms with Crippen molar-refractivity contribution in [3.63, 3.8) is 0 Å². The summed E-state index contributed by atoms with van der Waals surface area (Å²) in [7, 11) is 0. The Hall–Kier alpha value is -3.15. The Kier molecular flexibility index (Phi) is 5.39. The number of rotatable bonds is 6. The molecule has 3 aromatic carbocycles. The first-order valence-corrected chi connectivity index (χ1v) is 12.3. The number of benzene rings is 3. The minimum absolute atomic E-state index is 0.0345. The number of carbonyl (C=O) groups is 1. The summed E-state index contributed by atoms with van der Waals surface area (Å²) in [5.41, 5.74) is 6.70. The van der Waals surface area contributed by atoms with Crippen molar-refractivity contribution in [1.29, 1.82) is 0 Å². The van der Waals surface area contributed by atoms with Crippen molar-refractivity contribution in [3.05, 3.63) is 95.1 Å². The summed E-state index contributed by atoms with van der Waals surface area (Å²) in [5.74, 6) is 0.0345. The van der Waals surface area contributed by atoms with Crippen LogP contribution in [0.5, 0.6) is 0 Å². The molecule has 0 unspecified atom stereocenters. The van der Waals surface area contributed by atoms with Gasteiger partial charge in [0, 0.05) is 55.1 Å². The molecule has 34 heavy (non-hydrogen) atoms. The number of hydrogen-bond donors (Lipinski definition) is 2. The van der Waals surface area contributed by atoms with E-state index < -0.39 is 6.10 Å². The van der Waals surface area contributed by atoms with E-state index in [1.807, 2.05) is 41.3 Å². The second kappa shape index (κ2) is 8.57. The predicted molar refractivity (Wildman–Crippen MR) is 134 cm³/mol. The third-order valence-electron chi connectivity index (χ3n) is 7.63. The number of amides is 1. The molecular formula is C29H31N3O2.